The highest BCUT2D eigenvalue weighted by Gasteiger charge is 2.30. The maximum Gasteiger partial charge on any atom is 0.314 e. The van der Waals surface area contributed by atoms with Crippen molar-refractivity contribution in [1.82, 2.24) is 4.57 Å². The summed E-state index contributed by atoms with van der Waals surface area (Å²) in [6.45, 7) is 0.689. The fourth-order valence-corrected chi connectivity index (χ4v) is 4.00. The van der Waals surface area contributed by atoms with Crippen molar-refractivity contribution in [2.24, 2.45) is 0 Å². The topological polar surface area (TPSA) is 65.4 Å². The second-order valence-electron chi connectivity index (χ2n) is 5.79. The molecule has 2 atom stereocenters. The summed E-state index contributed by atoms with van der Waals surface area (Å²) in [5.74, 6) is -0.776. The zero-order valence-corrected chi connectivity index (χ0v) is 14.5. The normalized spacial score (nSPS) is 17.8. The Morgan fingerprint density at radius 2 is 1.96 bits per heavy atom. The summed E-state index contributed by atoms with van der Waals surface area (Å²) in [7, 11) is 0.134. The quantitative estimate of drug-likeness (QED) is 0.631. The molecule has 0 amide bonds. The lowest BCUT2D eigenvalue weighted by molar-refractivity contribution is -0.143. The number of carbonyl (C=O) groups excluding carboxylic acids is 2. The number of hydrogen-bond donors (Lipinski definition) is 0. The van der Waals surface area contributed by atoms with Crippen molar-refractivity contribution in [2.45, 2.75) is 30.2 Å². The molecule has 6 heteroatoms. The molecule has 2 unspecified atom stereocenters. The van der Waals surface area contributed by atoms with E-state index < -0.39 is 10.8 Å². The number of ether oxygens (including phenoxy) is 1. The Morgan fingerprint density at radius 3 is 2.67 bits per heavy atom. The third-order valence-electron chi connectivity index (χ3n) is 4.41. The van der Waals surface area contributed by atoms with Crippen LogP contribution in [0.5, 0.6) is 0 Å². The van der Waals surface area contributed by atoms with E-state index in [0.29, 0.717) is 22.7 Å². The Morgan fingerprint density at radius 1 is 1.21 bits per heavy atom. The molecule has 0 saturated carbocycles. The first-order valence-corrected chi connectivity index (χ1v) is 9.34. The van der Waals surface area contributed by atoms with Crippen molar-refractivity contribution in [3.8, 4) is 0 Å². The number of rotatable bonds is 4. The molecule has 0 radical (unpaired) electrons. The van der Waals surface area contributed by atoms with Crippen molar-refractivity contribution in [2.75, 3.05) is 13.4 Å². The number of hydrogen-bond acceptors (Lipinski definition) is 4. The van der Waals surface area contributed by atoms with E-state index >= 15 is 0 Å². The zero-order chi connectivity index (χ0) is 17.3. The molecule has 0 fully saturated rings. The molecule has 0 saturated heterocycles. The maximum atomic E-state index is 13.0. The molecule has 2 heterocycles. The lowest BCUT2D eigenvalue weighted by Gasteiger charge is -2.24. The molecular weight excluding hydrogens is 326 g/mol. The average Bonchev–Trinajstić information content (AvgIpc) is 3.04. The highest BCUT2D eigenvalue weighted by atomic mass is 32.2. The van der Waals surface area contributed by atoms with Crippen LogP contribution >= 0.6 is 0 Å². The molecular formula is C18H19NO4S. The summed E-state index contributed by atoms with van der Waals surface area (Å²) >= 11 is 0. The SMILES string of the molecule is COC(=O)C1CCCn2c(C(=O)c3ccccc3S(C)=O)ccc21. The fourth-order valence-electron chi connectivity index (χ4n) is 3.26. The molecule has 24 heavy (non-hydrogen) atoms. The summed E-state index contributed by atoms with van der Waals surface area (Å²) in [6.07, 6.45) is 3.09. The minimum absolute atomic E-state index is 0.169. The van der Waals surface area contributed by atoms with Gasteiger partial charge in [0.2, 0.25) is 5.78 Å². The summed E-state index contributed by atoms with van der Waals surface area (Å²) in [6, 6.07) is 10.5. The van der Waals surface area contributed by atoms with Gasteiger partial charge < -0.3 is 9.30 Å². The molecule has 2 aromatic rings. The first-order valence-electron chi connectivity index (χ1n) is 7.79. The van der Waals surface area contributed by atoms with E-state index in [0.717, 1.165) is 18.5 Å². The summed E-state index contributed by atoms with van der Waals surface area (Å²) in [5.41, 5.74) is 1.78. The van der Waals surface area contributed by atoms with E-state index in [1.807, 2.05) is 10.6 Å². The molecule has 0 spiro atoms. The molecule has 0 N–H and O–H groups in total. The maximum absolute atomic E-state index is 13.0. The van der Waals surface area contributed by atoms with Gasteiger partial charge in [-0.15, -0.1) is 0 Å². The molecule has 5 nitrogen and oxygen atoms in total. The van der Waals surface area contributed by atoms with Gasteiger partial charge in [0.25, 0.3) is 0 Å². The van der Waals surface area contributed by atoms with Crippen molar-refractivity contribution < 1.29 is 18.5 Å². The highest BCUT2D eigenvalue weighted by molar-refractivity contribution is 7.84. The number of esters is 1. The van der Waals surface area contributed by atoms with E-state index in [9.17, 15) is 13.8 Å². The standard InChI is InChI=1S/C18H19NO4S/c1-23-18(21)12-7-5-11-19-14(12)9-10-15(19)17(20)13-6-3-4-8-16(13)24(2)22/h3-4,6,8-10,12H,5,7,11H2,1-2H3. The number of nitrogens with zero attached hydrogens (tertiary/aromatic N) is 1. The minimum atomic E-state index is -1.24. The Balaban J connectivity index is 2.03. The van der Waals surface area contributed by atoms with Gasteiger partial charge in [-0.25, -0.2) is 0 Å². The third kappa shape index (κ3) is 2.82. The van der Waals surface area contributed by atoms with Crippen LogP contribution in [-0.2, 0) is 26.9 Å². The van der Waals surface area contributed by atoms with Crippen LogP contribution in [0.2, 0.25) is 0 Å². The third-order valence-corrected chi connectivity index (χ3v) is 5.38. The number of fused-ring (bicyclic) bond motifs is 1. The van der Waals surface area contributed by atoms with E-state index in [1.165, 1.54) is 7.11 Å². The molecule has 0 bridgehead atoms. The van der Waals surface area contributed by atoms with Crippen LogP contribution in [0, 0.1) is 0 Å². The Kier molecular flexibility index (Phi) is 4.66. The van der Waals surface area contributed by atoms with Crippen LogP contribution in [0.3, 0.4) is 0 Å². The first-order chi connectivity index (χ1) is 11.5. The lowest BCUT2D eigenvalue weighted by Crippen LogP contribution is -2.25. The van der Waals surface area contributed by atoms with Crippen LogP contribution < -0.4 is 0 Å². The molecule has 1 aromatic carbocycles. The van der Waals surface area contributed by atoms with Gasteiger partial charge >= 0.3 is 5.97 Å². The van der Waals surface area contributed by atoms with Gasteiger partial charge in [0.15, 0.2) is 0 Å². The lowest BCUT2D eigenvalue weighted by atomic mass is 9.96. The number of aromatic nitrogens is 1. The predicted octanol–water partition coefficient (Wildman–Crippen LogP) is 2.51. The van der Waals surface area contributed by atoms with Gasteiger partial charge in [-0.1, -0.05) is 12.1 Å². The second-order valence-corrected chi connectivity index (χ2v) is 7.14. The molecule has 1 aliphatic rings. The summed E-state index contributed by atoms with van der Waals surface area (Å²) in [4.78, 5) is 25.5. The monoisotopic (exact) mass is 345 g/mol. The molecule has 1 aliphatic heterocycles. The molecule has 0 aliphatic carbocycles. The number of methoxy groups -OCH3 is 1. The number of benzene rings is 1. The Labute approximate surface area is 143 Å². The van der Waals surface area contributed by atoms with Crippen LogP contribution in [0.25, 0.3) is 0 Å². The van der Waals surface area contributed by atoms with E-state index in [2.05, 4.69) is 0 Å². The zero-order valence-electron chi connectivity index (χ0n) is 13.7. The van der Waals surface area contributed by atoms with Gasteiger partial charge in [-0.3, -0.25) is 13.8 Å². The molecule has 3 rings (SSSR count). The number of ketones is 1. The largest absolute Gasteiger partial charge is 0.469 e. The van der Waals surface area contributed by atoms with Crippen molar-refractivity contribution >= 4 is 22.6 Å². The Bertz CT molecular complexity index is 824. The smallest absolute Gasteiger partial charge is 0.314 e. The van der Waals surface area contributed by atoms with Gasteiger partial charge in [-0.05, 0) is 37.1 Å². The van der Waals surface area contributed by atoms with Crippen LogP contribution in [-0.4, -0.2) is 33.9 Å². The highest BCUT2D eigenvalue weighted by Crippen LogP contribution is 2.31. The molecule has 1 aromatic heterocycles. The predicted molar refractivity (Wildman–Crippen MR) is 90.6 cm³/mol. The Hall–Kier alpha value is -2.21. The van der Waals surface area contributed by atoms with E-state index in [4.69, 9.17) is 4.74 Å². The van der Waals surface area contributed by atoms with Gasteiger partial charge in [0, 0.05) is 29.0 Å². The minimum Gasteiger partial charge on any atom is -0.469 e. The van der Waals surface area contributed by atoms with Gasteiger partial charge in [0.05, 0.1) is 29.5 Å². The van der Waals surface area contributed by atoms with E-state index in [-0.39, 0.29) is 17.7 Å². The van der Waals surface area contributed by atoms with Crippen molar-refractivity contribution in [1.29, 1.82) is 0 Å². The first kappa shape index (κ1) is 16.6. The van der Waals surface area contributed by atoms with Crippen molar-refractivity contribution in [3.63, 3.8) is 0 Å². The van der Waals surface area contributed by atoms with E-state index in [1.54, 1.807) is 36.6 Å². The average molecular weight is 345 g/mol. The van der Waals surface area contributed by atoms with Crippen LogP contribution in [0.1, 0.15) is 40.5 Å². The van der Waals surface area contributed by atoms with Crippen LogP contribution in [0.15, 0.2) is 41.3 Å². The number of carbonyl (C=O) groups is 2. The summed E-state index contributed by atoms with van der Waals surface area (Å²) < 4.78 is 18.7. The fraction of sp³-hybridized carbons (Fsp3) is 0.333. The molecule has 126 valence electrons. The van der Waals surface area contributed by atoms with Crippen LogP contribution in [0.4, 0.5) is 0 Å². The summed E-state index contributed by atoms with van der Waals surface area (Å²) in [5, 5.41) is 0. The van der Waals surface area contributed by atoms with Gasteiger partial charge in [0.1, 0.15) is 0 Å². The van der Waals surface area contributed by atoms with Crippen molar-refractivity contribution in [3.05, 3.63) is 53.3 Å². The van der Waals surface area contributed by atoms with Gasteiger partial charge in [-0.2, -0.15) is 0 Å². The second kappa shape index (κ2) is 6.73.